The van der Waals surface area contributed by atoms with Crippen LogP contribution in [0.25, 0.3) is 10.9 Å². The van der Waals surface area contributed by atoms with Crippen LogP contribution in [0.4, 0.5) is 0 Å². The van der Waals surface area contributed by atoms with Gasteiger partial charge in [0.25, 0.3) is 0 Å². The van der Waals surface area contributed by atoms with Crippen molar-refractivity contribution < 1.29 is 14.3 Å². The minimum Gasteiger partial charge on any atom is -0.468 e. The highest BCUT2D eigenvalue weighted by atomic mass is 16.5. The van der Waals surface area contributed by atoms with Crippen LogP contribution in [0, 0.1) is 0 Å². The summed E-state index contributed by atoms with van der Waals surface area (Å²) in [5, 5.41) is 3.88. The van der Waals surface area contributed by atoms with Crippen molar-refractivity contribution in [2.45, 2.75) is 12.6 Å². The minimum atomic E-state index is -0.473. The topological polar surface area (TPSA) is 87.3 Å². The van der Waals surface area contributed by atoms with Gasteiger partial charge >= 0.3 is 5.97 Å². The first-order chi connectivity index (χ1) is 10.2. The molecule has 0 spiro atoms. The Kier molecular flexibility index (Phi) is 3.57. The summed E-state index contributed by atoms with van der Waals surface area (Å²) in [7, 11) is 1.34. The zero-order chi connectivity index (χ0) is 14.8. The SMILES string of the molecule is COC(=O)C1CN(Cc2cc3cnccc3[nH]2)C(=O)CN1. The first-order valence-corrected chi connectivity index (χ1v) is 6.68. The van der Waals surface area contributed by atoms with Gasteiger partial charge in [-0.05, 0) is 12.1 Å². The Labute approximate surface area is 121 Å². The zero-order valence-electron chi connectivity index (χ0n) is 11.6. The Hall–Kier alpha value is -2.41. The van der Waals surface area contributed by atoms with E-state index in [0.717, 1.165) is 16.6 Å². The molecule has 1 aliphatic rings. The monoisotopic (exact) mass is 288 g/mol. The van der Waals surface area contributed by atoms with Crippen molar-refractivity contribution in [3.8, 4) is 0 Å². The number of carbonyl (C=O) groups excluding carboxylic acids is 2. The quantitative estimate of drug-likeness (QED) is 0.778. The number of aromatic amines is 1. The number of amides is 1. The lowest BCUT2D eigenvalue weighted by Crippen LogP contribution is -2.56. The number of aromatic nitrogens is 2. The van der Waals surface area contributed by atoms with Crippen molar-refractivity contribution in [1.29, 1.82) is 0 Å². The van der Waals surface area contributed by atoms with Crippen LogP contribution >= 0.6 is 0 Å². The number of hydrogen-bond acceptors (Lipinski definition) is 5. The molecule has 1 saturated heterocycles. The highest BCUT2D eigenvalue weighted by molar-refractivity contribution is 5.84. The number of ether oxygens (including phenoxy) is 1. The Morgan fingerprint density at radius 2 is 2.43 bits per heavy atom. The molecule has 0 radical (unpaired) electrons. The number of esters is 1. The van der Waals surface area contributed by atoms with E-state index >= 15 is 0 Å². The van der Waals surface area contributed by atoms with E-state index in [4.69, 9.17) is 4.74 Å². The number of pyridine rings is 1. The fourth-order valence-electron chi connectivity index (χ4n) is 2.49. The molecule has 2 aromatic rings. The molecule has 0 saturated carbocycles. The molecule has 3 heterocycles. The van der Waals surface area contributed by atoms with Gasteiger partial charge in [0.1, 0.15) is 6.04 Å². The van der Waals surface area contributed by atoms with Crippen molar-refractivity contribution in [1.82, 2.24) is 20.2 Å². The number of fused-ring (bicyclic) bond motifs is 1. The maximum Gasteiger partial charge on any atom is 0.324 e. The number of nitrogens with one attached hydrogen (secondary N) is 2. The summed E-state index contributed by atoms with van der Waals surface area (Å²) in [5.74, 6) is -0.389. The van der Waals surface area contributed by atoms with E-state index in [1.165, 1.54) is 7.11 Å². The minimum absolute atomic E-state index is 0.0352. The molecule has 7 heteroatoms. The second-order valence-corrected chi connectivity index (χ2v) is 4.99. The van der Waals surface area contributed by atoms with E-state index in [1.54, 1.807) is 17.3 Å². The zero-order valence-corrected chi connectivity index (χ0v) is 11.6. The van der Waals surface area contributed by atoms with Crippen LogP contribution in [-0.4, -0.2) is 53.0 Å². The summed E-state index contributed by atoms with van der Waals surface area (Å²) in [4.78, 5) is 32.5. The molecule has 2 N–H and O–H groups in total. The summed E-state index contributed by atoms with van der Waals surface area (Å²) < 4.78 is 4.72. The van der Waals surface area contributed by atoms with Crippen LogP contribution in [0.3, 0.4) is 0 Å². The third-order valence-corrected chi connectivity index (χ3v) is 3.58. The van der Waals surface area contributed by atoms with Crippen molar-refractivity contribution in [2.24, 2.45) is 0 Å². The molecule has 2 aromatic heterocycles. The standard InChI is InChI=1S/C14H16N4O3/c1-21-14(20)12-8-18(13(19)6-16-12)7-10-4-9-5-15-3-2-11(9)17-10/h2-5,12,16-17H,6-8H2,1H3. The lowest BCUT2D eigenvalue weighted by Gasteiger charge is -2.31. The van der Waals surface area contributed by atoms with E-state index in [0.29, 0.717) is 13.1 Å². The third kappa shape index (κ3) is 2.73. The summed E-state index contributed by atoms with van der Waals surface area (Å²) in [6.45, 7) is 0.878. The van der Waals surface area contributed by atoms with Crippen LogP contribution in [-0.2, 0) is 20.9 Å². The van der Waals surface area contributed by atoms with Crippen LogP contribution in [0.1, 0.15) is 5.69 Å². The molecule has 1 amide bonds. The molecule has 110 valence electrons. The number of carbonyl (C=O) groups is 2. The van der Waals surface area contributed by atoms with Crippen LogP contribution in [0.5, 0.6) is 0 Å². The number of H-pyrrole nitrogens is 1. The fraction of sp³-hybridized carbons (Fsp3) is 0.357. The highest BCUT2D eigenvalue weighted by Gasteiger charge is 2.30. The number of hydrogen-bond donors (Lipinski definition) is 2. The lowest BCUT2D eigenvalue weighted by atomic mass is 10.2. The Bertz CT molecular complexity index is 649. The van der Waals surface area contributed by atoms with Crippen molar-refractivity contribution in [3.63, 3.8) is 0 Å². The van der Waals surface area contributed by atoms with Gasteiger partial charge < -0.3 is 14.6 Å². The van der Waals surface area contributed by atoms with E-state index in [-0.39, 0.29) is 18.4 Å². The Morgan fingerprint density at radius 1 is 1.57 bits per heavy atom. The molecule has 21 heavy (non-hydrogen) atoms. The average molecular weight is 288 g/mol. The predicted octanol–water partition coefficient (Wildman–Crippen LogP) is 0.0363. The van der Waals surface area contributed by atoms with Crippen molar-refractivity contribution in [2.75, 3.05) is 20.2 Å². The molecule has 1 fully saturated rings. The Morgan fingerprint density at radius 3 is 3.19 bits per heavy atom. The smallest absolute Gasteiger partial charge is 0.324 e. The molecule has 3 rings (SSSR count). The third-order valence-electron chi connectivity index (χ3n) is 3.58. The van der Waals surface area contributed by atoms with Crippen LogP contribution in [0.15, 0.2) is 24.5 Å². The van der Waals surface area contributed by atoms with Gasteiger partial charge in [-0.25, -0.2) is 0 Å². The van der Waals surface area contributed by atoms with Gasteiger partial charge in [0.05, 0.1) is 20.2 Å². The number of piperazine rings is 1. The number of methoxy groups -OCH3 is 1. The van der Waals surface area contributed by atoms with E-state index in [1.807, 2.05) is 12.1 Å². The second kappa shape index (κ2) is 5.53. The molecule has 1 atom stereocenters. The normalized spacial score (nSPS) is 19.0. The fourth-order valence-corrected chi connectivity index (χ4v) is 2.49. The first-order valence-electron chi connectivity index (χ1n) is 6.68. The van der Waals surface area contributed by atoms with E-state index in [9.17, 15) is 9.59 Å². The van der Waals surface area contributed by atoms with Gasteiger partial charge in [-0.3, -0.25) is 19.9 Å². The molecule has 0 aromatic carbocycles. The largest absolute Gasteiger partial charge is 0.468 e. The van der Waals surface area contributed by atoms with Gasteiger partial charge in [0.15, 0.2) is 0 Å². The van der Waals surface area contributed by atoms with Gasteiger partial charge in [-0.1, -0.05) is 0 Å². The summed E-state index contributed by atoms with van der Waals surface area (Å²) >= 11 is 0. The van der Waals surface area contributed by atoms with E-state index in [2.05, 4.69) is 15.3 Å². The van der Waals surface area contributed by atoms with Gasteiger partial charge in [-0.15, -0.1) is 0 Å². The maximum absolute atomic E-state index is 12.0. The van der Waals surface area contributed by atoms with Gasteiger partial charge in [0.2, 0.25) is 5.91 Å². The molecular weight excluding hydrogens is 272 g/mol. The van der Waals surface area contributed by atoms with Crippen LogP contribution < -0.4 is 5.32 Å². The van der Waals surface area contributed by atoms with Crippen molar-refractivity contribution >= 4 is 22.8 Å². The van der Waals surface area contributed by atoms with E-state index < -0.39 is 6.04 Å². The molecule has 1 aliphatic heterocycles. The maximum atomic E-state index is 12.0. The Balaban J connectivity index is 1.75. The molecular formula is C14H16N4O3. The first kappa shape index (κ1) is 13.6. The lowest BCUT2D eigenvalue weighted by molar-refractivity contribution is -0.147. The average Bonchev–Trinajstić information content (AvgIpc) is 2.91. The summed E-state index contributed by atoms with van der Waals surface area (Å²) in [6, 6.07) is 3.37. The van der Waals surface area contributed by atoms with Crippen LogP contribution in [0.2, 0.25) is 0 Å². The van der Waals surface area contributed by atoms with Crippen molar-refractivity contribution in [3.05, 3.63) is 30.2 Å². The predicted molar refractivity (Wildman–Crippen MR) is 75.3 cm³/mol. The molecule has 0 bridgehead atoms. The molecule has 7 nitrogen and oxygen atoms in total. The number of nitrogens with zero attached hydrogens (tertiary/aromatic N) is 2. The molecule has 0 aliphatic carbocycles. The number of rotatable bonds is 3. The summed E-state index contributed by atoms with van der Waals surface area (Å²) in [5.41, 5.74) is 1.89. The van der Waals surface area contributed by atoms with Gasteiger partial charge in [0, 0.05) is 35.5 Å². The molecule has 1 unspecified atom stereocenters. The van der Waals surface area contributed by atoms with Gasteiger partial charge in [-0.2, -0.15) is 0 Å². The summed E-state index contributed by atoms with van der Waals surface area (Å²) in [6.07, 6.45) is 3.48. The highest BCUT2D eigenvalue weighted by Crippen LogP contribution is 2.16. The second-order valence-electron chi connectivity index (χ2n) is 4.99.